The van der Waals surface area contributed by atoms with Gasteiger partial charge in [0.1, 0.15) is 0 Å². The number of hydrogen-bond acceptors (Lipinski definition) is 5. The fraction of sp³-hybridized carbons (Fsp3) is 0.750. The molecule has 1 aromatic rings. The van der Waals surface area contributed by atoms with E-state index in [1.807, 2.05) is 0 Å². The molecule has 0 spiro atoms. The predicted octanol–water partition coefficient (Wildman–Crippen LogP) is -0.105. The van der Waals surface area contributed by atoms with Gasteiger partial charge in [0, 0.05) is 32.2 Å². The minimum absolute atomic E-state index is 0.183. The second-order valence-corrected chi connectivity index (χ2v) is 7.11. The van der Waals surface area contributed by atoms with Crippen LogP contribution in [-0.2, 0) is 14.8 Å². The Kier molecular flexibility index (Phi) is 4.06. The van der Waals surface area contributed by atoms with Crippen molar-refractivity contribution >= 4 is 10.0 Å². The Morgan fingerprint density at radius 3 is 2.50 bits per heavy atom. The third kappa shape index (κ3) is 2.73. The molecule has 0 radical (unpaired) electrons. The van der Waals surface area contributed by atoms with Gasteiger partial charge < -0.3 is 9.72 Å². The first kappa shape index (κ1) is 14.0. The second kappa shape index (κ2) is 5.80. The lowest BCUT2D eigenvalue weighted by Gasteiger charge is -2.39. The highest BCUT2D eigenvalue weighted by Crippen LogP contribution is 2.22. The summed E-state index contributed by atoms with van der Waals surface area (Å²) in [5, 5.41) is 0.183. The van der Waals surface area contributed by atoms with Crippen molar-refractivity contribution in [3.63, 3.8) is 0 Å². The predicted molar refractivity (Wildman–Crippen MR) is 72.8 cm³/mol. The second-order valence-electron chi connectivity index (χ2n) is 5.20. The molecular weight excluding hydrogens is 280 g/mol. The van der Waals surface area contributed by atoms with Gasteiger partial charge in [-0.05, 0) is 12.8 Å². The SMILES string of the molecule is O=S(=O)(c1cnc[nH]1)N1CCC(N2CCOCC2)CC1. The summed E-state index contributed by atoms with van der Waals surface area (Å²) < 4.78 is 31.6. The third-order valence-corrected chi connectivity index (χ3v) is 5.90. The van der Waals surface area contributed by atoms with E-state index < -0.39 is 10.0 Å². The van der Waals surface area contributed by atoms with Crippen molar-refractivity contribution in [3.8, 4) is 0 Å². The van der Waals surface area contributed by atoms with E-state index in [0.29, 0.717) is 19.1 Å². The van der Waals surface area contributed by atoms with E-state index in [4.69, 9.17) is 4.74 Å². The summed E-state index contributed by atoms with van der Waals surface area (Å²) in [5.41, 5.74) is 0. The van der Waals surface area contributed by atoms with Crippen LogP contribution >= 0.6 is 0 Å². The Morgan fingerprint density at radius 2 is 1.90 bits per heavy atom. The number of aromatic nitrogens is 2. The number of aromatic amines is 1. The number of ether oxygens (including phenoxy) is 1. The van der Waals surface area contributed by atoms with Crippen LogP contribution in [0.25, 0.3) is 0 Å². The number of H-pyrrole nitrogens is 1. The van der Waals surface area contributed by atoms with Crippen LogP contribution in [0, 0.1) is 0 Å². The van der Waals surface area contributed by atoms with Gasteiger partial charge in [0.15, 0.2) is 5.03 Å². The minimum Gasteiger partial charge on any atom is -0.379 e. The van der Waals surface area contributed by atoms with Gasteiger partial charge in [0.05, 0.1) is 25.7 Å². The van der Waals surface area contributed by atoms with E-state index in [-0.39, 0.29) is 5.03 Å². The number of imidazole rings is 1. The Labute approximate surface area is 119 Å². The maximum Gasteiger partial charge on any atom is 0.260 e. The lowest BCUT2D eigenvalue weighted by Crippen LogP contribution is -2.50. The third-order valence-electron chi connectivity index (χ3n) is 4.08. The van der Waals surface area contributed by atoms with Crippen molar-refractivity contribution in [2.45, 2.75) is 23.9 Å². The molecule has 2 fully saturated rings. The molecule has 0 amide bonds. The molecule has 2 aliphatic rings. The number of hydrogen-bond donors (Lipinski definition) is 1. The summed E-state index contributed by atoms with van der Waals surface area (Å²) in [6.07, 6.45) is 4.53. The molecule has 2 saturated heterocycles. The van der Waals surface area contributed by atoms with Crippen LogP contribution in [0.2, 0.25) is 0 Å². The highest BCUT2D eigenvalue weighted by molar-refractivity contribution is 7.89. The highest BCUT2D eigenvalue weighted by Gasteiger charge is 2.32. The van der Waals surface area contributed by atoms with Gasteiger partial charge in [-0.3, -0.25) is 4.90 Å². The van der Waals surface area contributed by atoms with E-state index in [1.54, 1.807) is 4.31 Å². The average Bonchev–Trinajstić information content (AvgIpc) is 3.03. The molecule has 0 saturated carbocycles. The molecule has 7 nitrogen and oxygen atoms in total. The molecule has 3 rings (SSSR count). The molecule has 0 aromatic carbocycles. The maximum absolute atomic E-state index is 12.4. The van der Waals surface area contributed by atoms with Gasteiger partial charge in [0.25, 0.3) is 10.0 Å². The quantitative estimate of drug-likeness (QED) is 0.843. The molecule has 0 atom stereocenters. The Hall–Kier alpha value is -0.960. The van der Waals surface area contributed by atoms with Crippen LogP contribution in [0.1, 0.15) is 12.8 Å². The van der Waals surface area contributed by atoms with Crippen molar-refractivity contribution in [3.05, 3.63) is 12.5 Å². The summed E-state index contributed by atoms with van der Waals surface area (Å²) in [5.74, 6) is 0. The molecule has 112 valence electrons. The number of nitrogens with one attached hydrogen (secondary N) is 1. The number of nitrogens with zero attached hydrogens (tertiary/aromatic N) is 3. The number of rotatable bonds is 3. The smallest absolute Gasteiger partial charge is 0.260 e. The van der Waals surface area contributed by atoms with E-state index in [9.17, 15) is 8.42 Å². The molecule has 0 bridgehead atoms. The lowest BCUT2D eigenvalue weighted by atomic mass is 10.0. The topological polar surface area (TPSA) is 78.5 Å². The standard InChI is InChI=1S/C12H20N4O3S/c17-20(18,12-9-13-10-14-12)16-3-1-11(2-4-16)15-5-7-19-8-6-15/h9-11H,1-8H2,(H,13,14). The molecule has 3 heterocycles. The zero-order valence-electron chi connectivity index (χ0n) is 11.4. The van der Waals surface area contributed by atoms with Gasteiger partial charge in [-0.25, -0.2) is 13.4 Å². The molecule has 0 aliphatic carbocycles. The van der Waals surface area contributed by atoms with Crippen LogP contribution in [-0.4, -0.2) is 73.0 Å². The van der Waals surface area contributed by atoms with Gasteiger partial charge in [-0.15, -0.1) is 0 Å². The van der Waals surface area contributed by atoms with E-state index in [1.165, 1.54) is 12.5 Å². The molecular formula is C12H20N4O3S. The highest BCUT2D eigenvalue weighted by atomic mass is 32.2. The van der Waals surface area contributed by atoms with E-state index in [2.05, 4.69) is 14.9 Å². The molecule has 0 unspecified atom stereocenters. The summed E-state index contributed by atoms with van der Waals surface area (Å²) >= 11 is 0. The molecule has 1 N–H and O–H groups in total. The number of morpholine rings is 1. The maximum atomic E-state index is 12.4. The van der Waals surface area contributed by atoms with Crippen LogP contribution < -0.4 is 0 Å². The zero-order valence-corrected chi connectivity index (χ0v) is 12.2. The lowest BCUT2D eigenvalue weighted by molar-refractivity contribution is 0.00609. The van der Waals surface area contributed by atoms with Crippen molar-refractivity contribution in [2.75, 3.05) is 39.4 Å². The van der Waals surface area contributed by atoms with Crippen molar-refractivity contribution in [1.82, 2.24) is 19.2 Å². The Balaban J connectivity index is 1.61. The zero-order chi connectivity index (χ0) is 14.0. The molecule has 2 aliphatic heterocycles. The van der Waals surface area contributed by atoms with Crippen LogP contribution in [0.4, 0.5) is 0 Å². The van der Waals surface area contributed by atoms with Gasteiger partial charge >= 0.3 is 0 Å². The van der Waals surface area contributed by atoms with Gasteiger partial charge in [-0.1, -0.05) is 0 Å². The number of sulfonamides is 1. The monoisotopic (exact) mass is 300 g/mol. The largest absolute Gasteiger partial charge is 0.379 e. The van der Waals surface area contributed by atoms with Crippen molar-refractivity contribution in [2.24, 2.45) is 0 Å². The minimum atomic E-state index is -3.40. The summed E-state index contributed by atoms with van der Waals surface area (Å²) in [6, 6.07) is 0.479. The first-order chi connectivity index (χ1) is 9.68. The van der Waals surface area contributed by atoms with Crippen LogP contribution in [0.3, 0.4) is 0 Å². The van der Waals surface area contributed by atoms with Gasteiger partial charge in [0.2, 0.25) is 0 Å². The van der Waals surface area contributed by atoms with E-state index in [0.717, 1.165) is 39.1 Å². The summed E-state index contributed by atoms with van der Waals surface area (Å²) in [4.78, 5) is 8.89. The summed E-state index contributed by atoms with van der Waals surface area (Å²) in [6.45, 7) is 4.63. The molecule has 1 aromatic heterocycles. The summed E-state index contributed by atoms with van der Waals surface area (Å²) in [7, 11) is -3.40. The molecule has 8 heteroatoms. The average molecular weight is 300 g/mol. The van der Waals surface area contributed by atoms with Crippen molar-refractivity contribution < 1.29 is 13.2 Å². The molecule has 20 heavy (non-hydrogen) atoms. The Bertz CT molecular complexity index is 517. The van der Waals surface area contributed by atoms with Crippen molar-refractivity contribution in [1.29, 1.82) is 0 Å². The fourth-order valence-electron chi connectivity index (χ4n) is 2.91. The van der Waals surface area contributed by atoms with E-state index >= 15 is 0 Å². The first-order valence-corrected chi connectivity index (χ1v) is 8.42. The van der Waals surface area contributed by atoms with Gasteiger partial charge in [-0.2, -0.15) is 4.31 Å². The Morgan fingerprint density at radius 1 is 1.20 bits per heavy atom. The number of piperidine rings is 1. The fourth-order valence-corrected chi connectivity index (χ4v) is 4.28. The van der Waals surface area contributed by atoms with Crippen LogP contribution in [0.15, 0.2) is 17.6 Å². The van der Waals surface area contributed by atoms with Crippen LogP contribution in [0.5, 0.6) is 0 Å². The normalized spacial score (nSPS) is 24.0. The first-order valence-electron chi connectivity index (χ1n) is 6.98.